The highest BCUT2D eigenvalue weighted by molar-refractivity contribution is 6.46. The number of hydrogen-bond acceptors (Lipinski definition) is 8. The van der Waals surface area contributed by atoms with Crippen molar-refractivity contribution in [2.24, 2.45) is 0 Å². The monoisotopic (exact) mass is 530 g/mol. The molecule has 2 aromatic heterocycles. The standard InChI is InChI=1S/C34H10N8/c35-11-15-7-23-25(9-17(15)13-37)42-34-30-20-4-2-6-22-28(20)29(19-3-1-5-21(27(19)30)31(34)39-23)33-32(22)40-24-8-16(12-36)18(14-38)10-26(24)41-33/h1-10H. The zero-order valence-electron chi connectivity index (χ0n) is 21.4. The van der Waals surface area contributed by atoms with E-state index in [-0.39, 0.29) is 22.3 Å². The SMILES string of the molecule is N#Cc1cc2nc3c4cccc5c4c(c4cccc6c7nc8cc(C#N)c(C#N)cc8nc7c5c64)c3nc2cc1C#N. The molecule has 0 saturated carbocycles. The fraction of sp³-hybridized carbons (Fsp3) is 0. The Balaban J connectivity index is 1.53. The van der Waals surface area contributed by atoms with Gasteiger partial charge in [0.1, 0.15) is 24.3 Å². The molecule has 0 spiro atoms. The topological polar surface area (TPSA) is 147 Å². The van der Waals surface area contributed by atoms with Gasteiger partial charge in [0.15, 0.2) is 0 Å². The van der Waals surface area contributed by atoms with Crippen molar-refractivity contribution in [3.63, 3.8) is 0 Å². The van der Waals surface area contributed by atoms with Gasteiger partial charge in [-0.1, -0.05) is 36.4 Å². The molecule has 0 aliphatic carbocycles. The van der Waals surface area contributed by atoms with Crippen LogP contribution in [0.2, 0.25) is 0 Å². The number of hydrogen-bond donors (Lipinski definition) is 0. The summed E-state index contributed by atoms with van der Waals surface area (Å²) >= 11 is 0. The van der Waals surface area contributed by atoms with Crippen LogP contribution in [0.15, 0.2) is 60.7 Å². The summed E-state index contributed by atoms with van der Waals surface area (Å²) in [5.41, 5.74) is 6.18. The molecule has 0 saturated heterocycles. The molecule has 0 radical (unpaired) electrons. The van der Waals surface area contributed by atoms with Crippen molar-refractivity contribution in [2.45, 2.75) is 0 Å². The van der Waals surface area contributed by atoms with Gasteiger partial charge >= 0.3 is 0 Å². The van der Waals surface area contributed by atoms with Gasteiger partial charge < -0.3 is 0 Å². The lowest BCUT2D eigenvalue weighted by Crippen LogP contribution is -1.90. The van der Waals surface area contributed by atoms with Crippen LogP contribution in [-0.2, 0) is 0 Å². The first kappa shape index (κ1) is 22.1. The van der Waals surface area contributed by atoms with Gasteiger partial charge in [-0.15, -0.1) is 0 Å². The van der Waals surface area contributed by atoms with Crippen LogP contribution >= 0.6 is 0 Å². The second kappa shape index (κ2) is 7.46. The summed E-state index contributed by atoms with van der Waals surface area (Å²) in [6.07, 6.45) is 0. The van der Waals surface area contributed by atoms with E-state index in [0.29, 0.717) is 22.1 Å². The summed E-state index contributed by atoms with van der Waals surface area (Å²) in [5, 5.41) is 46.1. The molecule has 7 aromatic carbocycles. The van der Waals surface area contributed by atoms with Crippen LogP contribution in [0.25, 0.3) is 87.2 Å². The van der Waals surface area contributed by atoms with Gasteiger partial charge in [-0.2, -0.15) is 21.0 Å². The van der Waals surface area contributed by atoms with E-state index < -0.39 is 0 Å². The number of nitriles is 4. The fourth-order valence-corrected chi connectivity index (χ4v) is 6.52. The molecule has 8 nitrogen and oxygen atoms in total. The van der Waals surface area contributed by atoms with E-state index in [4.69, 9.17) is 19.9 Å². The van der Waals surface area contributed by atoms with Crippen LogP contribution in [0.3, 0.4) is 0 Å². The van der Waals surface area contributed by atoms with Gasteiger partial charge in [0.25, 0.3) is 0 Å². The van der Waals surface area contributed by atoms with Gasteiger partial charge in [0.2, 0.25) is 0 Å². The molecule has 0 amide bonds. The van der Waals surface area contributed by atoms with Crippen molar-refractivity contribution in [3.05, 3.63) is 82.9 Å². The van der Waals surface area contributed by atoms with E-state index in [2.05, 4.69) is 36.4 Å². The smallest absolute Gasteiger partial charge is 0.101 e. The van der Waals surface area contributed by atoms with Crippen molar-refractivity contribution >= 4 is 87.2 Å². The molecule has 0 aliphatic rings. The van der Waals surface area contributed by atoms with Crippen molar-refractivity contribution in [1.29, 1.82) is 21.0 Å². The maximum absolute atomic E-state index is 9.60. The van der Waals surface area contributed by atoms with Crippen LogP contribution < -0.4 is 0 Å². The molecule has 9 aromatic rings. The van der Waals surface area contributed by atoms with Gasteiger partial charge in [0.05, 0.1) is 66.4 Å². The molecular weight excluding hydrogens is 520 g/mol. The third-order valence-corrected chi connectivity index (χ3v) is 8.24. The molecule has 0 bridgehead atoms. The zero-order chi connectivity index (χ0) is 28.3. The van der Waals surface area contributed by atoms with E-state index in [0.717, 1.165) is 65.2 Å². The Kier molecular flexibility index (Phi) is 3.93. The second-order valence-electron chi connectivity index (χ2n) is 10.3. The summed E-state index contributed by atoms with van der Waals surface area (Å²) in [6, 6.07) is 27.0. The average Bonchev–Trinajstić information content (AvgIpc) is 3.53. The largest absolute Gasteiger partial charge is 0.244 e. The summed E-state index contributed by atoms with van der Waals surface area (Å²) in [4.78, 5) is 20.0. The minimum absolute atomic E-state index is 0.263. The fourth-order valence-electron chi connectivity index (χ4n) is 6.52. The van der Waals surface area contributed by atoms with E-state index in [1.807, 2.05) is 24.3 Å². The third kappa shape index (κ3) is 2.52. The maximum Gasteiger partial charge on any atom is 0.101 e. The highest BCUT2D eigenvalue weighted by Gasteiger charge is 2.25. The predicted octanol–water partition coefficient (Wildman–Crippen LogP) is 6.85. The van der Waals surface area contributed by atoms with Crippen LogP contribution in [0.5, 0.6) is 0 Å². The minimum Gasteiger partial charge on any atom is -0.244 e. The highest BCUT2D eigenvalue weighted by Crippen LogP contribution is 2.49. The van der Waals surface area contributed by atoms with Crippen molar-refractivity contribution < 1.29 is 0 Å². The van der Waals surface area contributed by atoms with E-state index >= 15 is 0 Å². The molecular formula is C34H10N8. The quantitative estimate of drug-likeness (QED) is 0.193. The Morgan fingerprint density at radius 3 is 1.02 bits per heavy atom. The zero-order valence-corrected chi connectivity index (χ0v) is 21.4. The van der Waals surface area contributed by atoms with Gasteiger partial charge in [-0.3, -0.25) is 0 Å². The lowest BCUT2D eigenvalue weighted by Gasteiger charge is -2.06. The van der Waals surface area contributed by atoms with Crippen LogP contribution in [-0.4, -0.2) is 19.9 Å². The van der Waals surface area contributed by atoms with Crippen molar-refractivity contribution in [3.8, 4) is 24.3 Å². The number of rotatable bonds is 0. The summed E-state index contributed by atoms with van der Waals surface area (Å²) in [6.45, 7) is 0. The molecule has 0 aliphatic heterocycles. The van der Waals surface area contributed by atoms with E-state index in [1.54, 1.807) is 24.3 Å². The third-order valence-electron chi connectivity index (χ3n) is 8.24. The normalized spacial score (nSPS) is 11.7. The lowest BCUT2D eigenvalue weighted by molar-refractivity contribution is 1.39. The van der Waals surface area contributed by atoms with Crippen LogP contribution in [0, 0.1) is 45.3 Å². The Bertz CT molecular complexity index is 2690. The maximum atomic E-state index is 9.60. The van der Waals surface area contributed by atoms with Gasteiger partial charge in [-0.25, -0.2) is 19.9 Å². The first-order valence-corrected chi connectivity index (χ1v) is 13.0. The molecule has 2 heterocycles. The lowest BCUT2D eigenvalue weighted by atomic mass is 9.96. The molecule has 8 heteroatoms. The molecule has 0 N–H and O–H groups in total. The molecule has 0 fully saturated rings. The van der Waals surface area contributed by atoms with Crippen molar-refractivity contribution in [1.82, 2.24) is 19.9 Å². The molecule has 9 rings (SSSR count). The molecule has 42 heavy (non-hydrogen) atoms. The van der Waals surface area contributed by atoms with E-state index in [1.165, 1.54) is 0 Å². The van der Waals surface area contributed by atoms with Gasteiger partial charge in [-0.05, 0) is 35.0 Å². The number of fused-ring (bicyclic) bond motifs is 10. The minimum atomic E-state index is 0.263. The Hall–Kier alpha value is -6.74. The van der Waals surface area contributed by atoms with Crippen LogP contribution in [0.4, 0.5) is 0 Å². The van der Waals surface area contributed by atoms with E-state index in [9.17, 15) is 21.0 Å². The summed E-state index contributed by atoms with van der Waals surface area (Å²) in [7, 11) is 0. The van der Waals surface area contributed by atoms with Crippen molar-refractivity contribution in [2.75, 3.05) is 0 Å². The number of nitrogens with zero attached hydrogens (tertiary/aromatic N) is 8. The summed E-state index contributed by atoms with van der Waals surface area (Å²) in [5.74, 6) is 0. The van der Waals surface area contributed by atoms with Gasteiger partial charge in [0, 0.05) is 32.3 Å². The number of benzene rings is 5. The Morgan fingerprint density at radius 2 is 0.690 bits per heavy atom. The first-order valence-electron chi connectivity index (χ1n) is 13.0. The highest BCUT2D eigenvalue weighted by atomic mass is 14.8. The second-order valence-corrected chi connectivity index (χ2v) is 10.3. The Morgan fingerprint density at radius 1 is 0.381 bits per heavy atom. The Labute approximate surface area is 235 Å². The molecule has 0 unspecified atom stereocenters. The average molecular weight is 531 g/mol. The number of aromatic nitrogens is 4. The van der Waals surface area contributed by atoms with Crippen LogP contribution in [0.1, 0.15) is 22.3 Å². The predicted molar refractivity (Wildman–Crippen MR) is 159 cm³/mol. The summed E-state index contributed by atoms with van der Waals surface area (Å²) < 4.78 is 0. The molecule has 0 atom stereocenters. The molecule has 186 valence electrons. The first-order chi connectivity index (χ1) is 20.6.